The van der Waals surface area contributed by atoms with Crippen LogP contribution in [0.25, 0.3) is 0 Å². The van der Waals surface area contributed by atoms with E-state index in [0.717, 1.165) is 12.8 Å². The van der Waals surface area contributed by atoms with E-state index in [1.165, 1.54) is 13.3 Å². The fourth-order valence-electron chi connectivity index (χ4n) is 2.91. The summed E-state index contributed by atoms with van der Waals surface area (Å²) in [5.74, 6) is -0.697. The number of nitrogens with zero attached hydrogens (tertiary/aromatic N) is 1. The van der Waals surface area contributed by atoms with Gasteiger partial charge in [-0.15, -0.1) is 0 Å². The molecular weight excluding hydrogens is 462 g/mol. The van der Waals surface area contributed by atoms with E-state index in [2.05, 4.69) is 22.8 Å². The van der Waals surface area contributed by atoms with Crippen LogP contribution in [0.1, 0.15) is 35.7 Å². The van der Waals surface area contributed by atoms with Crippen LogP contribution in [0.5, 0.6) is 17.2 Å². The number of anilines is 1. The van der Waals surface area contributed by atoms with Crippen molar-refractivity contribution >= 4 is 29.7 Å². The van der Waals surface area contributed by atoms with E-state index in [1.54, 1.807) is 72.8 Å². The number of ether oxygens (including phenoxy) is 3. The lowest BCUT2D eigenvalue weighted by Crippen LogP contribution is -2.32. The predicted octanol–water partition coefficient (Wildman–Crippen LogP) is 4.18. The summed E-state index contributed by atoms with van der Waals surface area (Å²) in [7, 11) is 1.50. The van der Waals surface area contributed by atoms with Crippen LogP contribution in [-0.2, 0) is 9.59 Å². The van der Waals surface area contributed by atoms with Gasteiger partial charge >= 0.3 is 17.8 Å². The Hall–Kier alpha value is -4.66. The van der Waals surface area contributed by atoms with Crippen molar-refractivity contribution in [3.63, 3.8) is 0 Å². The topological polar surface area (TPSA) is 115 Å². The van der Waals surface area contributed by atoms with Gasteiger partial charge in [0, 0.05) is 11.8 Å². The third kappa shape index (κ3) is 7.98. The number of nitrogens with one attached hydrogen (secondary N) is 2. The first kappa shape index (κ1) is 26.0. The van der Waals surface area contributed by atoms with E-state index >= 15 is 0 Å². The molecule has 9 nitrogen and oxygen atoms in total. The Kier molecular flexibility index (Phi) is 9.58. The summed E-state index contributed by atoms with van der Waals surface area (Å²) >= 11 is 0. The van der Waals surface area contributed by atoms with Crippen LogP contribution in [-0.4, -0.2) is 37.7 Å². The number of carbonyl (C=O) groups excluding carboxylic acids is 3. The number of benzene rings is 3. The first-order chi connectivity index (χ1) is 17.5. The van der Waals surface area contributed by atoms with Crippen LogP contribution in [0.3, 0.4) is 0 Å². The molecule has 0 atom stereocenters. The molecule has 186 valence electrons. The average molecular weight is 490 g/mol. The fourth-order valence-corrected chi connectivity index (χ4v) is 2.91. The number of rotatable bonds is 10. The normalized spacial score (nSPS) is 10.5. The molecule has 3 aromatic carbocycles. The zero-order valence-corrected chi connectivity index (χ0v) is 20.0. The molecule has 0 radical (unpaired) electrons. The summed E-state index contributed by atoms with van der Waals surface area (Å²) in [6.07, 6.45) is 3.38. The molecule has 0 unspecified atom stereocenters. The number of amides is 2. The molecule has 0 bridgehead atoms. The molecule has 2 amide bonds. The number of unbranched alkanes of at least 4 members (excludes halogenated alkanes) is 1. The van der Waals surface area contributed by atoms with Gasteiger partial charge in [-0.1, -0.05) is 19.4 Å². The summed E-state index contributed by atoms with van der Waals surface area (Å²) in [6, 6.07) is 19.9. The Balaban J connectivity index is 1.47. The zero-order valence-electron chi connectivity index (χ0n) is 20.0. The van der Waals surface area contributed by atoms with Gasteiger partial charge in [-0.2, -0.15) is 5.10 Å². The van der Waals surface area contributed by atoms with Gasteiger partial charge < -0.3 is 19.5 Å². The van der Waals surface area contributed by atoms with Crippen molar-refractivity contribution in [1.82, 2.24) is 5.43 Å². The molecule has 36 heavy (non-hydrogen) atoms. The van der Waals surface area contributed by atoms with E-state index in [-0.39, 0.29) is 0 Å². The Labute approximate surface area is 209 Å². The molecule has 2 N–H and O–H groups in total. The van der Waals surface area contributed by atoms with Gasteiger partial charge in [-0.3, -0.25) is 9.59 Å². The highest BCUT2D eigenvalue weighted by molar-refractivity contribution is 6.39. The Bertz CT molecular complexity index is 1210. The number of hydrazone groups is 1. The molecule has 0 fully saturated rings. The summed E-state index contributed by atoms with van der Waals surface area (Å²) in [6.45, 7) is 2.72. The first-order valence-electron chi connectivity index (χ1n) is 11.3. The number of carbonyl (C=O) groups is 3. The van der Waals surface area contributed by atoms with Gasteiger partial charge in [0.2, 0.25) is 0 Å². The molecule has 0 aliphatic carbocycles. The zero-order chi connectivity index (χ0) is 25.8. The number of hydrogen-bond acceptors (Lipinski definition) is 7. The number of esters is 1. The minimum atomic E-state index is -0.929. The second-order valence-corrected chi connectivity index (χ2v) is 7.57. The van der Waals surface area contributed by atoms with Crippen molar-refractivity contribution in [2.24, 2.45) is 5.10 Å². The van der Waals surface area contributed by atoms with Crippen molar-refractivity contribution in [3.8, 4) is 17.2 Å². The highest BCUT2D eigenvalue weighted by Gasteiger charge is 2.13. The summed E-state index contributed by atoms with van der Waals surface area (Å²) in [4.78, 5) is 36.3. The highest BCUT2D eigenvalue weighted by Crippen LogP contribution is 2.18. The average Bonchev–Trinajstić information content (AvgIpc) is 2.90. The Morgan fingerprint density at radius 2 is 1.61 bits per heavy atom. The lowest BCUT2D eigenvalue weighted by Gasteiger charge is -2.07. The van der Waals surface area contributed by atoms with Crippen LogP contribution >= 0.6 is 0 Å². The molecule has 0 aliphatic rings. The molecule has 3 rings (SSSR count). The molecule has 0 heterocycles. The van der Waals surface area contributed by atoms with E-state index < -0.39 is 17.8 Å². The second-order valence-electron chi connectivity index (χ2n) is 7.57. The van der Waals surface area contributed by atoms with Crippen molar-refractivity contribution in [1.29, 1.82) is 0 Å². The monoisotopic (exact) mass is 489 g/mol. The molecule has 0 saturated heterocycles. The second kappa shape index (κ2) is 13.3. The van der Waals surface area contributed by atoms with Gasteiger partial charge in [0.25, 0.3) is 0 Å². The molecule has 0 aromatic heterocycles. The molecule has 0 saturated carbocycles. The highest BCUT2D eigenvalue weighted by atomic mass is 16.5. The van der Waals surface area contributed by atoms with Crippen LogP contribution in [0.15, 0.2) is 77.9 Å². The van der Waals surface area contributed by atoms with Crippen molar-refractivity contribution in [2.75, 3.05) is 19.0 Å². The molecular formula is C27H27N3O6. The number of methoxy groups -OCH3 is 1. The van der Waals surface area contributed by atoms with Crippen LogP contribution in [0.4, 0.5) is 5.69 Å². The van der Waals surface area contributed by atoms with E-state index in [0.29, 0.717) is 40.7 Å². The quantitative estimate of drug-likeness (QED) is 0.110. The standard InChI is InChI=1S/C27H27N3O6/c1-3-4-16-35-22-14-10-20(11-15-22)27(33)36-23-12-8-19(9-13-23)18-28-30-26(32)25(31)29-21-6-5-7-24(17-21)34-2/h5-15,17-18H,3-4,16H2,1-2H3,(H,29,31)(H,30,32)/b28-18+. The van der Waals surface area contributed by atoms with Gasteiger partial charge in [0.15, 0.2) is 0 Å². The van der Waals surface area contributed by atoms with Gasteiger partial charge in [-0.25, -0.2) is 10.2 Å². The fraction of sp³-hybridized carbons (Fsp3) is 0.185. The lowest BCUT2D eigenvalue weighted by molar-refractivity contribution is -0.136. The maximum absolute atomic E-state index is 12.4. The van der Waals surface area contributed by atoms with Crippen molar-refractivity contribution in [2.45, 2.75) is 19.8 Å². The summed E-state index contributed by atoms with van der Waals surface area (Å²) < 4.78 is 16.0. The van der Waals surface area contributed by atoms with Gasteiger partial charge in [-0.05, 0) is 72.6 Å². The van der Waals surface area contributed by atoms with Gasteiger partial charge in [0.05, 0.1) is 25.5 Å². The molecule has 0 spiro atoms. The first-order valence-corrected chi connectivity index (χ1v) is 11.3. The minimum Gasteiger partial charge on any atom is -0.497 e. The predicted molar refractivity (Wildman–Crippen MR) is 136 cm³/mol. The van der Waals surface area contributed by atoms with Crippen molar-refractivity contribution in [3.05, 3.63) is 83.9 Å². The van der Waals surface area contributed by atoms with Crippen LogP contribution < -0.4 is 25.0 Å². The molecule has 9 heteroatoms. The van der Waals surface area contributed by atoms with Crippen molar-refractivity contribution < 1.29 is 28.6 Å². The van der Waals surface area contributed by atoms with E-state index in [9.17, 15) is 14.4 Å². The lowest BCUT2D eigenvalue weighted by atomic mass is 10.2. The van der Waals surface area contributed by atoms with Gasteiger partial charge in [0.1, 0.15) is 17.2 Å². The third-order valence-corrected chi connectivity index (χ3v) is 4.86. The summed E-state index contributed by atoms with van der Waals surface area (Å²) in [5, 5.41) is 6.24. The summed E-state index contributed by atoms with van der Waals surface area (Å²) in [5.41, 5.74) is 3.60. The van der Waals surface area contributed by atoms with Crippen LogP contribution in [0.2, 0.25) is 0 Å². The smallest absolute Gasteiger partial charge is 0.343 e. The largest absolute Gasteiger partial charge is 0.497 e. The molecule has 3 aromatic rings. The maximum Gasteiger partial charge on any atom is 0.343 e. The maximum atomic E-state index is 12.4. The van der Waals surface area contributed by atoms with Crippen LogP contribution in [0, 0.1) is 0 Å². The third-order valence-electron chi connectivity index (χ3n) is 4.86. The van der Waals surface area contributed by atoms with E-state index in [1.807, 2.05) is 0 Å². The minimum absolute atomic E-state index is 0.349. The number of hydrogen-bond donors (Lipinski definition) is 2. The van der Waals surface area contributed by atoms with E-state index in [4.69, 9.17) is 14.2 Å². The Morgan fingerprint density at radius 3 is 2.31 bits per heavy atom. The Morgan fingerprint density at radius 1 is 0.889 bits per heavy atom. The molecule has 0 aliphatic heterocycles. The SMILES string of the molecule is CCCCOc1ccc(C(=O)Oc2ccc(/C=N/NC(=O)C(=O)Nc3cccc(OC)c3)cc2)cc1.